The van der Waals surface area contributed by atoms with Gasteiger partial charge in [0.2, 0.25) is 0 Å². The first-order valence-electron chi connectivity index (χ1n) is 7.79. The van der Waals surface area contributed by atoms with Crippen molar-refractivity contribution < 1.29 is 14.3 Å². The zero-order valence-electron chi connectivity index (χ0n) is 13.6. The summed E-state index contributed by atoms with van der Waals surface area (Å²) in [5, 5.41) is 0. The van der Waals surface area contributed by atoms with Crippen LogP contribution in [-0.4, -0.2) is 12.6 Å². The molecule has 0 amide bonds. The van der Waals surface area contributed by atoms with Crippen molar-refractivity contribution in [3.05, 3.63) is 58.1 Å². The first kappa shape index (κ1) is 17.5. The van der Waals surface area contributed by atoms with E-state index in [2.05, 4.69) is 29.8 Å². The normalized spacial score (nSPS) is 11.8. The van der Waals surface area contributed by atoms with Gasteiger partial charge in [-0.05, 0) is 71.1 Å². The van der Waals surface area contributed by atoms with Crippen molar-refractivity contribution in [1.82, 2.24) is 0 Å². The van der Waals surface area contributed by atoms with Crippen LogP contribution < -0.4 is 9.47 Å². The topological polar surface area (TPSA) is 35.5 Å². The van der Waals surface area contributed by atoms with Crippen molar-refractivity contribution in [3.8, 4) is 11.5 Å². The molecule has 0 aromatic heterocycles. The Hall–Kier alpha value is -1.81. The molecule has 2 aromatic carbocycles. The van der Waals surface area contributed by atoms with E-state index in [1.807, 2.05) is 31.2 Å². The molecule has 0 saturated heterocycles. The highest BCUT2D eigenvalue weighted by atomic mass is 79.9. The molecule has 0 radical (unpaired) electrons. The van der Waals surface area contributed by atoms with Crippen molar-refractivity contribution in [3.63, 3.8) is 0 Å². The van der Waals surface area contributed by atoms with Crippen LogP contribution in [-0.2, 0) is 0 Å². The number of esters is 1. The average molecular weight is 377 g/mol. The fraction of sp³-hybridized carbons (Fsp3) is 0.316. The Labute approximate surface area is 145 Å². The first-order chi connectivity index (χ1) is 11.0. The van der Waals surface area contributed by atoms with Gasteiger partial charge in [0.25, 0.3) is 0 Å². The Morgan fingerprint density at radius 1 is 1.17 bits per heavy atom. The zero-order chi connectivity index (χ0) is 16.8. The lowest BCUT2D eigenvalue weighted by Crippen LogP contribution is -2.09. The molecule has 1 atom stereocenters. The van der Waals surface area contributed by atoms with Gasteiger partial charge in [-0.2, -0.15) is 0 Å². The zero-order valence-corrected chi connectivity index (χ0v) is 15.2. The summed E-state index contributed by atoms with van der Waals surface area (Å²) in [4.78, 5) is 12.3. The predicted molar refractivity (Wildman–Crippen MR) is 95.4 cm³/mol. The van der Waals surface area contributed by atoms with E-state index >= 15 is 0 Å². The average Bonchev–Trinajstić information content (AvgIpc) is 2.56. The summed E-state index contributed by atoms with van der Waals surface area (Å²) in [5.74, 6) is 1.25. The van der Waals surface area contributed by atoms with Crippen LogP contribution in [0.2, 0.25) is 0 Å². The summed E-state index contributed by atoms with van der Waals surface area (Å²) >= 11 is 3.48. The summed E-state index contributed by atoms with van der Waals surface area (Å²) in [6.45, 7) is 6.78. The molecule has 1 unspecified atom stereocenters. The molecule has 0 spiro atoms. The van der Waals surface area contributed by atoms with E-state index in [-0.39, 0.29) is 0 Å². The van der Waals surface area contributed by atoms with E-state index in [9.17, 15) is 4.79 Å². The van der Waals surface area contributed by atoms with Crippen LogP contribution in [0.3, 0.4) is 0 Å². The molecule has 2 aromatic rings. The number of halogens is 1. The first-order valence-corrected chi connectivity index (χ1v) is 8.59. The third kappa shape index (κ3) is 4.58. The number of hydrogen-bond acceptors (Lipinski definition) is 3. The summed E-state index contributed by atoms with van der Waals surface area (Å²) < 4.78 is 11.7. The number of carbonyl (C=O) groups is 1. The van der Waals surface area contributed by atoms with Crippen LogP contribution >= 0.6 is 15.9 Å². The Balaban J connectivity index is 2.15. The van der Waals surface area contributed by atoms with Crippen LogP contribution in [0.15, 0.2) is 46.9 Å². The molecule has 0 bridgehead atoms. The Kier molecular flexibility index (Phi) is 6.22. The molecule has 0 saturated carbocycles. The molecule has 23 heavy (non-hydrogen) atoms. The quantitative estimate of drug-likeness (QED) is 0.487. The number of benzene rings is 2. The monoisotopic (exact) mass is 376 g/mol. The van der Waals surface area contributed by atoms with Crippen molar-refractivity contribution in [2.75, 3.05) is 6.61 Å². The minimum Gasteiger partial charge on any atom is -0.494 e. The van der Waals surface area contributed by atoms with Gasteiger partial charge in [-0.15, -0.1) is 0 Å². The summed E-state index contributed by atoms with van der Waals surface area (Å²) in [5.41, 5.74) is 1.69. The van der Waals surface area contributed by atoms with Gasteiger partial charge in [0.05, 0.1) is 16.6 Å². The maximum atomic E-state index is 12.3. The molecule has 3 nitrogen and oxygen atoms in total. The fourth-order valence-electron chi connectivity index (χ4n) is 2.18. The molecule has 0 heterocycles. The molecule has 2 rings (SSSR count). The molecule has 4 heteroatoms. The third-order valence-electron chi connectivity index (χ3n) is 3.72. The van der Waals surface area contributed by atoms with Crippen LogP contribution in [0.25, 0.3) is 0 Å². The van der Waals surface area contributed by atoms with Crippen molar-refractivity contribution in [2.45, 2.75) is 33.1 Å². The Morgan fingerprint density at radius 3 is 2.61 bits per heavy atom. The lowest BCUT2D eigenvalue weighted by Gasteiger charge is -2.12. The van der Waals surface area contributed by atoms with Gasteiger partial charge >= 0.3 is 5.97 Å². The molecule has 0 N–H and O–H groups in total. The van der Waals surface area contributed by atoms with Gasteiger partial charge < -0.3 is 9.47 Å². The summed E-state index contributed by atoms with van der Waals surface area (Å²) in [6.07, 6.45) is 1.07. The molecule has 0 aliphatic rings. The lowest BCUT2D eigenvalue weighted by atomic mass is 9.99. The van der Waals surface area contributed by atoms with E-state index in [1.165, 1.54) is 5.56 Å². The van der Waals surface area contributed by atoms with Crippen LogP contribution in [0.5, 0.6) is 11.5 Å². The number of carbonyl (C=O) groups excluding carboxylic acids is 1. The SMILES string of the molecule is CCOc1cccc(C(=O)Oc2ccc(C(C)CC)cc2Br)c1. The lowest BCUT2D eigenvalue weighted by molar-refractivity contribution is 0.0733. The molecular weight excluding hydrogens is 356 g/mol. The fourth-order valence-corrected chi connectivity index (χ4v) is 2.66. The second kappa shape index (κ2) is 8.16. The molecule has 122 valence electrons. The predicted octanol–water partition coefficient (Wildman–Crippen LogP) is 5.58. The number of ether oxygens (including phenoxy) is 2. The van der Waals surface area contributed by atoms with Crippen LogP contribution in [0.1, 0.15) is 49.0 Å². The van der Waals surface area contributed by atoms with Crippen molar-refractivity contribution >= 4 is 21.9 Å². The number of rotatable bonds is 6. The third-order valence-corrected chi connectivity index (χ3v) is 4.34. The van der Waals surface area contributed by atoms with E-state index in [0.717, 1.165) is 10.9 Å². The maximum Gasteiger partial charge on any atom is 0.343 e. The van der Waals surface area contributed by atoms with E-state index in [4.69, 9.17) is 9.47 Å². The highest BCUT2D eigenvalue weighted by Gasteiger charge is 2.13. The summed E-state index contributed by atoms with van der Waals surface area (Å²) in [6, 6.07) is 12.8. The van der Waals surface area contributed by atoms with Gasteiger partial charge in [-0.25, -0.2) is 4.79 Å². The van der Waals surface area contributed by atoms with Crippen LogP contribution in [0.4, 0.5) is 0 Å². The van der Waals surface area contributed by atoms with Gasteiger partial charge in [-0.1, -0.05) is 26.0 Å². The van der Waals surface area contributed by atoms with Gasteiger partial charge in [0.1, 0.15) is 11.5 Å². The van der Waals surface area contributed by atoms with Gasteiger partial charge in [0.15, 0.2) is 0 Å². The smallest absolute Gasteiger partial charge is 0.343 e. The van der Waals surface area contributed by atoms with Crippen molar-refractivity contribution in [1.29, 1.82) is 0 Å². The highest BCUT2D eigenvalue weighted by molar-refractivity contribution is 9.10. The Morgan fingerprint density at radius 2 is 1.96 bits per heavy atom. The highest BCUT2D eigenvalue weighted by Crippen LogP contribution is 2.30. The maximum absolute atomic E-state index is 12.3. The summed E-state index contributed by atoms with van der Waals surface area (Å²) in [7, 11) is 0. The van der Waals surface area contributed by atoms with E-state index in [0.29, 0.717) is 29.6 Å². The minimum absolute atomic E-state index is 0.399. The van der Waals surface area contributed by atoms with E-state index in [1.54, 1.807) is 18.2 Å². The Bertz CT molecular complexity index is 682. The van der Waals surface area contributed by atoms with E-state index < -0.39 is 5.97 Å². The standard InChI is InChI=1S/C19H21BrO3/c1-4-13(3)14-9-10-18(17(20)12-14)23-19(21)15-7-6-8-16(11-15)22-5-2/h6-13H,4-5H2,1-3H3. The second-order valence-electron chi connectivity index (χ2n) is 5.35. The van der Waals surface area contributed by atoms with Gasteiger partial charge in [-0.3, -0.25) is 0 Å². The van der Waals surface area contributed by atoms with Crippen molar-refractivity contribution in [2.24, 2.45) is 0 Å². The minimum atomic E-state index is -0.399. The molecular formula is C19H21BrO3. The molecule has 0 fully saturated rings. The largest absolute Gasteiger partial charge is 0.494 e. The molecule has 0 aliphatic carbocycles. The number of hydrogen-bond donors (Lipinski definition) is 0. The second-order valence-corrected chi connectivity index (χ2v) is 6.20. The van der Waals surface area contributed by atoms with Gasteiger partial charge in [0, 0.05) is 0 Å². The molecule has 0 aliphatic heterocycles. The van der Waals surface area contributed by atoms with Crippen LogP contribution in [0, 0.1) is 0 Å².